The van der Waals surface area contributed by atoms with E-state index in [1.165, 1.54) is 0 Å². The number of anilines is 1. The molecule has 1 N–H and O–H groups in total. The molecule has 170 valence electrons. The van der Waals surface area contributed by atoms with E-state index in [9.17, 15) is 9.59 Å². The molecule has 2 aromatic heterocycles. The molecule has 2 heterocycles. The molecular formula is C25H32N4O3. The van der Waals surface area contributed by atoms with Crippen molar-refractivity contribution in [2.45, 2.75) is 59.4 Å². The number of nitrogens with one attached hydrogen (secondary N) is 1. The monoisotopic (exact) mass is 436 g/mol. The first kappa shape index (κ1) is 22.1. The second kappa shape index (κ2) is 9.18. The van der Waals surface area contributed by atoms with Gasteiger partial charge in [-0.1, -0.05) is 6.92 Å². The number of benzene rings is 1. The summed E-state index contributed by atoms with van der Waals surface area (Å²) in [5, 5.41) is 5.78. The van der Waals surface area contributed by atoms with Crippen LogP contribution in [0.3, 0.4) is 0 Å². The molecule has 7 nitrogen and oxygen atoms in total. The Balaban J connectivity index is 1.75. The number of esters is 1. The Morgan fingerprint density at radius 1 is 1.22 bits per heavy atom. The van der Waals surface area contributed by atoms with Crippen molar-refractivity contribution >= 4 is 28.6 Å². The molecule has 1 aliphatic rings. The largest absolute Gasteiger partial charge is 0.462 e. The summed E-state index contributed by atoms with van der Waals surface area (Å²) in [6.07, 6.45) is 7.42. The molecule has 0 aliphatic heterocycles. The van der Waals surface area contributed by atoms with Gasteiger partial charge in [0.2, 0.25) is 5.91 Å². The van der Waals surface area contributed by atoms with Crippen molar-refractivity contribution in [1.29, 1.82) is 0 Å². The topological polar surface area (TPSA) is 80.2 Å². The summed E-state index contributed by atoms with van der Waals surface area (Å²) in [7, 11) is 0. The highest BCUT2D eigenvalue weighted by atomic mass is 16.5. The van der Waals surface area contributed by atoms with Crippen molar-refractivity contribution in [3.8, 4) is 5.69 Å². The van der Waals surface area contributed by atoms with Gasteiger partial charge in [-0.3, -0.25) is 9.69 Å². The van der Waals surface area contributed by atoms with E-state index >= 15 is 0 Å². The Bertz CT molecular complexity index is 1110. The third kappa shape index (κ3) is 4.29. The Hall–Kier alpha value is -3.09. The van der Waals surface area contributed by atoms with Crippen LogP contribution in [0, 0.1) is 11.8 Å². The summed E-state index contributed by atoms with van der Waals surface area (Å²) >= 11 is 0. The van der Waals surface area contributed by atoms with E-state index in [-0.39, 0.29) is 24.5 Å². The molecule has 0 bridgehead atoms. The minimum absolute atomic E-state index is 0.0370. The van der Waals surface area contributed by atoms with Gasteiger partial charge in [0.05, 0.1) is 12.3 Å². The van der Waals surface area contributed by atoms with Crippen molar-refractivity contribution in [2.24, 2.45) is 11.8 Å². The average molecular weight is 437 g/mol. The molecule has 1 aliphatic carbocycles. The van der Waals surface area contributed by atoms with E-state index in [2.05, 4.69) is 11.9 Å². The SMILES string of the molecule is CCOC(=O)c1cn(-c2ccc3[nH]ccc3c2)nc1N(C(=O)[C@H]1CC[C@H](C)CC1)C(C)C. The fourth-order valence-corrected chi connectivity index (χ4v) is 4.52. The number of H-pyrrole nitrogens is 1. The number of ether oxygens (including phenoxy) is 1. The Morgan fingerprint density at radius 3 is 2.66 bits per heavy atom. The Labute approximate surface area is 188 Å². The van der Waals surface area contributed by atoms with Gasteiger partial charge in [0.15, 0.2) is 5.82 Å². The average Bonchev–Trinajstić information content (AvgIpc) is 3.41. The predicted molar refractivity (Wildman–Crippen MR) is 125 cm³/mol. The zero-order chi connectivity index (χ0) is 22.8. The van der Waals surface area contributed by atoms with E-state index in [1.54, 1.807) is 22.7 Å². The van der Waals surface area contributed by atoms with Gasteiger partial charge in [-0.25, -0.2) is 9.48 Å². The van der Waals surface area contributed by atoms with Crippen molar-refractivity contribution in [2.75, 3.05) is 11.5 Å². The van der Waals surface area contributed by atoms with Crippen molar-refractivity contribution in [3.05, 3.63) is 42.2 Å². The van der Waals surface area contributed by atoms with Gasteiger partial charge < -0.3 is 9.72 Å². The molecule has 3 aromatic rings. The Morgan fingerprint density at radius 2 is 1.97 bits per heavy atom. The number of amides is 1. The molecule has 1 saturated carbocycles. The van der Waals surface area contributed by atoms with Crippen LogP contribution in [-0.4, -0.2) is 39.3 Å². The number of fused-ring (bicyclic) bond motifs is 1. The third-order valence-corrected chi connectivity index (χ3v) is 6.34. The van der Waals surface area contributed by atoms with E-state index in [1.807, 2.05) is 44.3 Å². The fourth-order valence-electron chi connectivity index (χ4n) is 4.52. The minimum Gasteiger partial charge on any atom is -0.462 e. The van der Waals surface area contributed by atoms with Crippen LogP contribution in [0.15, 0.2) is 36.7 Å². The van der Waals surface area contributed by atoms with Crippen LogP contribution in [0.5, 0.6) is 0 Å². The van der Waals surface area contributed by atoms with Crippen LogP contribution in [0.1, 0.15) is 63.7 Å². The van der Waals surface area contributed by atoms with Gasteiger partial charge >= 0.3 is 5.97 Å². The normalized spacial score (nSPS) is 18.8. The number of carbonyl (C=O) groups is 2. The third-order valence-electron chi connectivity index (χ3n) is 6.34. The number of aromatic amines is 1. The van der Waals surface area contributed by atoms with Gasteiger partial charge in [0.25, 0.3) is 0 Å². The first-order valence-corrected chi connectivity index (χ1v) is 11.6. The van der Waals surface area contributed by atoms with Gasteiger partial charge in [0, 0.05) is 35.3 Å². The maximum Gasteiger partial charge on any atom is 0.343 e. The van der Waals surface area contributed by atoms with Crippen molar-refractivity contribution in [1.82, 2.24) is 14.8 Å². The summed E-state index contributed by atoms with van der Waals surface area (Å²) in [5.74, 6) is 0.571. The van der Waals surface area contributed by atoms with Gasteiger partial charge in [-0.05, 0) is 76.6 Å². The molecule has 32 heavy (non-hydrogen) atoms. The molecule has 0 radical (unpaired) electrons. The highest BCUT2D eigenvalue weighted by Crippen LogP contribution is 2.33. The first-order valence-electron chi connectivity index (χ1n) is 11.6. The van der Waals surface area contributed by atoms with Crippen molar-refractivity contribution < 1.29 is 14.3 Å². The molecule has 1 amide bonds. The standard InChI is InChI=1S/C25H32N4O3/c1-5-32-25(31)21-15-28(20-10-11-22-19(14-20)12-13-26-22)27-23(21)29(16(2)3)24(30)18-8-6-17(4)7-9-18/h10-18,26H,5-9H2,1-4H3/t17-,18-. The number of rotatable bonds is 6. The van der Waals surface area contributed by atoms with E-state index in [4.69, 9.17) is 9.84 Å². The van der Waals surface area contributed by atoms with E-state index in [0.29, 0.717) is 17.3 Å². The lowest BCUT2D eigenvalue weighted by Crippen LogP contribution is -2.43. The molecule has 4 rings (SSSR count). The fraction of sp³-hybridized carbons (Fsp3) is 0.480. The second-order valence-corrected chi connectivity index (χ2v) is 9.04. The summed E-state index contributed by atoms with van der Waals surface area (Å²) in [6.45, 7) is 8.19. The number of hydrogen-bond acceptors (Lipinski definition) is 4. The molecule has 7 heteroatoms. The van der Waals surface area contributed by atoms with E-state index < -0.39 is 5.97 Å². The number of carbonyl (C=O) groups excluding carboxylic acids is 2. The smallest absolute Gasteiger partial charge is 0.343 e. The maximum atomic E-state index is 13.6. The summed E-state index contributed by atoms with van der Waals surface area (Å²) < 4.78 is 6.98. The van der Waals surface area contributed by atoms with Crippen LogP contribution >= 0.6 is 0 Å². The highest BCUT2D eigenvalue weighted by molar-refractivity contribution is 6.02. The van der Waals surface area contributed by atoms with Gasteiger partial charge in [-0.15, -0.1) is 5.10 Å². The number of aromatic nitrogens is 3. The quantitative estimate of drug-likeness (QED) is 0.545. The lowest BCUT2D eigenvalue weighted by atomic mass is 9.82. The second-order valence-electron chi connectivity index (χ2n) is 9.04. The minimum atomic E-state index is -0.466. The van der Waals surface area contributed by atoms with Gasteiger partial charge in [0.1, 0.15) is 5.56 Å². The molecule has 1 fully saturated rings. The maximum absolute atomic E-state index is 13.6. The summed E-state index contributed by atoms with van der Waals surface area (Å²) in [4.78, 5) is 31.3. The summed E-state index contributed by atoms with van der Waals surface area (Å²) in [5.41, 5.74) is 2.15. The summed E-state index contributed by atoms with van der Waals surface area (Å²) in [6, 6.07) is 7.77. The van der Waals surface area contributed by atoms with Crippen molar-refractivity contribution in [3.63, 3.8) is 0 Å². The van der Waals surface area contributed by atoms with Crippen LogP contribution in [0.2, 0.25) is 0 Å². The highest BCUT2D eigenvalue weighted by Gasteiger charge is 2.34. The Kier molecular flexibility index (Phi) is 6.35. The molecule has 0 unspecified atom stereocenters. The van der Waals surface area contributed by atoms with Crippen LogP contribution in [-0.2, 0) is 9.53 Å². The molecular weight excluding hydrogens is 404 g/mol. The van der Waals surface area contributed by atoms with E-state index in [0.717, 1.165) is 42.3 Å². The van der Waals surface area contributed by atoms with Crippen LogP contribution in [0.25, 0.3) is 16.6 Å². The first-order chi connectivity index (χ1) is 15.4. The molecule has 0 atom stereocenters. The lowest BCUT2D eigenvalue weighted by Gasteiger charge is -2.32. The lowest BCUT2D eigenvalue weighted by molar-refractivity contribution is -0.123. The predicted octanol–water partition coefficient (Wildman–Crippen LogP) is 5.10. The zero-order valence-electron chi connectivity index (χ0n) is 19.3. The van der Waals surface area contributed by atoms with Crippen LogP contribution in [0.4, 0.5) is 5.82 Å². The molecule has 0 saturated heterocycles. The van der Waals surface area contributed by atoms with Crippen LogP contribution < -0.4 is 4.90 Å². The molecule has 0 spiro atoms. The zero-order valence-corrected chi connectivity index (χ0v) is 19.3. The number of hydrogen-bond donors (Lipinski definition) is 1. The van der Waals surface area contributed by atoms with Gasteiger partial charge in [-0.2, -0.15) is 0 Å². The molecule has 1 aromatic carbocycles. The number of nitrogens with zero attached hydrogens (tertiary/aromatic N) is 3.